The summed E-state index contributed by atoms with van der Waals surface area (Å²) in [5.74, 6) is 0.599. The molecule has 0 atom stereocenters. The molecule has 3 amide bonds. The summed E-state index contributed by atoms with van der Waals surface area (Å²) in [6.07, 6.45) is 1.54. The second-order valence-corrected chi connectivity index (χ2v) is 5.20. The van der Waals surface area contributed by atoms with Crippen molar-refractivity contribution in [3.05, 3.63) is 0 Å². The average Bonchev–Trinajstić information content (AvgIpc) is 2.35. The van der Waals surface area contributed by atoms with Crippen LogP contribution in [-0.2, 0) is 4.79 Å². The third kappa shape index (κ3) is 4.55. The Kier molecular flexibility index (Phi) is 5.95. The molecule has 0 saturated carbocycles. The van der Waals surface area contributed by atoms with Crippen LogP contribution < -0.4 is 5.32 Å². The van der Waals surface area contributed by atoms with Gasteiger partial charge < -0.3 is 15.1 Å². The van der Waals surface area contributed by atoms with Crippen molar-refractivity contribution in [3.63, 3.8) is 0 Å². The number of urea groups is 1. The SMILES string of the molecule is CCCNC(=O)N1CCN(C(=O)CC(C)C)CC1. The molecule has 1 aliphatic rings. The minimum absolute atomic E-state index is 0.00666. The van der Waals surface area contributed by atoms with E-state index in [2.05, 4.69) is 5.32 Å². The molecule has 0 aliphatic carbocycles. The van der Waals surface area contributed by atoms with Gasteiger partial charge in [-0.05, 0) is 12.3 Å². The molecule has 0 radical (unpaired) electrons. The highest BCUT2D eigenvalue weighted by Gasteiger charge is 2.23. The summed E-state index contributed by atoms with van der Waals surface area (Å²) in [5.41, 5.74) is 0. The lowest BCUT2D eigenvalue weighted by Gasteiger charge is -2.35. The molecule has 1 heterocycles. The molecule has 1 saturated heterocycles. The van der Waals surface area contributed by atoms with Crippen molar-refractivity contribution in [2.24, 2.45) is 5.92 Å². The summed E-state index contributed by atoms with van der Waals surface area (Å²) in [6, 6.07) is -0.00666. The molecular weight excluding hydrogens is 230 g/mol. The molecule has 5 nitrogen and oxygen atoms in total. The number of piperazine rings is 1. The minimum atomic E-state index is -0.00666. The van der Waals surface area contributed by atoms with E-state index in [1.54, 1.807) is 4.90 Å². The average molecular weight is 255 g/mol. The van der Waals surface area contributed by atoms with E-state index >= 15 is 0 Å². The topological polar surface area (TPSA) is 52.7 Å². The van der Waals surface area contributed by atoms with E-state index in [-0.39, 0.29) is 11.9 Å². The van der Waals surface area contributed by atoms with Gasteiger partial charge in [-0.1, -0.05) is 20.8 Å². The highest BCUT2D eigenvalue weighted by atomic mass is 16.2. The normalized spacial score (nSPS) is 16.0. The summed E-state index contributed by atoms with van der Waals surface area (Å²) in [5, 5.41) is 2.86. The first-order valence-electron chi connectivity index (χ1n) is 6.85. The van der Waals surface area contributed by atoms with Crippen LogP contribution in [0.5, 0.6) is 0 Å². The van der Waals surface area contributed by atoms with E-state index in [4.69, 9.17) is 0 Å². The van der Waals surface area contributed by atoms with Crippen molar-refractivity contribution < 1.29 is 9.59 Å². The molecule has 0 aromatic carbocycles. The van der Waals surface area contributed by atoms with Crippen molar-refractivity contribution in [2.75, 3.05) is 32.7 Å². The van der Waals surface area contributed by atoms with E-state index in [0.717, 1.165) is 6.42 Å². The molecule has 0 spiro atoms. The Balaban J connectivity index is 2.32. The van der Waals surface area contributed by atoms with Crippen molar-refractivity contribution in [3.8, 4) is 0 Å². The number of nitrogens with one attached hydrogen (secondary N) is 1. The molecule has 104 valence electrons. The molecule has 0 unspecified atom stereocenters. The first-order valence-corrected chi connectivity index (χ1v) is 6.85. The zero-order valence-corrected chi connectivity index (χ0v) is 11.7. The Bertz CT molecular complexity index is 284. The van der Waals surface area contributed by atoms with Gasteiger partial charge in [0.2, 0.25) is 5.91 Å². The molecule has 0 aromatic heterocycles. The van der Waals surface area contributed by atoms with Gasteiger partial charge in [-0.2, -0.15) is 0 Å². The highest BCUT2D eigenvalue weighted by molar-refractivity contribution is 5.77. The zero-order chi connectivity index (χ0) is 13.5. The second kappa shape index (κ2) is 7.24. The summed E-state index contributed by atoms with van der Waals surface area (Å²) >= 11 is 0. The maximum absolute atomic E-state index is 11.9. The van der Waals surface area contributed by atoms with Crippen molar-refractivity contribution in [2.45, 2.75) is 33.6 Å². The summed E-state index contributed by atoms with van der Waals surface area (Å²) in [6.45, 7) is 9.43. The van der Waals surface area contributed by atoms with Gasteiger partial charge in [-0.3, -0.25) is 4.79 Å². The van der Waals surface area contributed by atoms with Crippen molar-refractivity contribution in [1.82, 2.24) is 15.1 Å². The van der Waals surface area contributed by atoms with E-state index in [1.165, 1.54) is 0 Å². The molecule has 1 N–H and O–H groups in total. The van der Waals surface area contributed by atoms with E-state index < -0.39 is 0 Å². The Hall–Kier alpha value is -1.26. The number of hydrogen-bond acceptors (Lipinski definition) is 2. The van der Waals surface area contributed by atoms with E-state index in [1.807, 2.05) is 25.7 Å². The molecule has 0 aromatic rings. The smallest absolute Gasteiger partial charge is 0.317 e. The largest absolute Gasteiger partial charge is 0.339 e. The highest BCUT2D eigenvalue weighted by Crippen LogP contribution is 2.08. The standard InChI is InChI=1S/C13H25N3O2/c1-4-5-14-13(18)16-8-6-15(7-9-16)12(17)10-11(2)3/h11H,4-10H2,1-3H3,(H,14,18). The monoisotopic (exact) mass is 255 g/mol. The van der Waals surface area contributed by atoms with Gasteiger partial charge in [-0.15, -0.1) is 0 Å². The lowest BCUT2D eigenvalue weighted by Crippen LogP contribution is -2.53. The Morgan fingerprint density at radius 1 is 1.11 bits per heavy atom. The molecule has 18 heavy (non-hydrogen) atoms. The maximum atomic E-state index is 11.9. The molecule has 1 aliphatic heterocycles. The predicted octanol–water partition coefficient (Wildman–Crippen LogP) is 1.30. The Labute approximate surface area is 110 Å². The maximum Gasteiger partial charge on any atom is 0.317 e. The van der Waals surface area contributed by atoms with Crippen LogP contribution in [-0.4, -0.2) is 54.5 Å². The summed E-state index contributed by atoms with van der Waals surface area (Å²) < 4.78 is 0. The fourth-order valence-electron chi connectivity index (χ4n) is 1.98. The fraction of sp³-hybridized carbons (Fsp3) is 0.846. The third-order valence-corrected chi connectivity index (χ3v) is 3.03. The lowest BCUT2D eigenvalue weighted by molar-refractivity contribution is -0.133. The van der Waals surface area contributed by atoms with Crippen LogP contribution in [0.3, 0.4) is 0 Å². The van der Waals surface area contributed by atoms with Crippen LogP contribution in [0, 0.1) is 5.92 Å². The first-order chi connectivity index (χ1) is 8.54. The number of nitrogens with zero attached hydrogens (tertiary/aromatic N) is 2. The molecule has 0 bridgehead atoms. The lowest BCUT2D eigenvalue weighted by atomic mass is 10.1. The van der Waals surface area contributed by atoms with Gasteiger partial charge in [0.05, 0.1) is 0 Å². The summed E-state index contributed by atoms with van der Waals surface area (Å²) in [7, 11) is 0. The van der Waals surface area contributed by atoms with Gasteiger partial charge in [0.25, 0.3) is 0 Å². The van der Waals surface area contributed by atoms with Crippen LogP contribution >= 0.6 is 0 Å². The number of hydrogen-bond donors (Lipinski definition) is 1. The van der Waals surface area contributed by atoms with Gasteiger partial charge in [0.15, 0.2) is 0 Å². The third-order valence-electron chi connectivity index (χ3n) is 3.03. The minimum Gasteiger partial charge on any atom is -0.339 e. The first kappa shape index (κ1) is 14.8. The Morgan fingerprint density at radius 3 is 2.17 bits per heavy atom. The Morgan fingerprint density at radius 2 is 1.67 bits per heavy atom. The number of rotatable bonds is 4. The van der Waals surface area contributed by atoms with Crippen molar-refractivity contribution in [1.29, 1.82) is 0 Å². The second-order valence-electron chi connectivity index (χ2n) is 5.20. The van der Waals surface area contributed by atoms with Crippen LogP contribution in [0.1, 0.15) is 33.6 Å². The van der Waals surface area contributed by atoms with E-state index in [0.29, 0.717) is 45.1 Å². The zero-order valence-electron chi connectivity index (χ0n) is 11.7. The molecule has 1 rings (SSSR count). The molecule has 1 fully saturated rings. The van der Waals surface area contributed by atoms with Crippen LogP contribution in [0.2, 0.25) is 0 Å². The quantitative estimate of drug-likeness (QED) is 0.823. The summed E-state index contributed by atoms with van der Waals surface area (Å²) in [4.78, 5) is 27.2. The van der Waals surface area contributed by atoms with Crippen molar-refractivity contribution >= 4 is 11.9 Å². The molecule has 5 heteroatoms. The van der Waals surface area contributed by atoms with Gasteiger partial charge >= 0.3 is 6.03 Å². The van der Waals surface area contributed by atoms with Gasteiger partial charge in [0, 0.05) is 39.1 Å². The van der Waals surface area contributed by atoms with Crippen LogP contribution in [0.15, 0.2) is 0 Å². The van der Waals surface area contributed by atoms with Gasteiger partial charge in [-0.25, -0.2) is 4.79 Å². The fourth-order valence-corrected chi connectivity index (χ4v) is 1.98. The number of amides is 3. The van der Waals surface area contributed by atoms with Gasteiger partial charge in [0.1, 0.15) is 0 Å². The predicted molar refractivity (Wildman–Crippen MR) is 71.3 cm³/mol. The van der Waals surface area contributed by atoms with E-state index in [9.17, 15) is 9.59 Å². The van der Waals surface area contributed by atoms with Crippen LogP contribution in [0.4, 0.5) is 4.79 Å². The van der Waals surface area contributed by atoms with Crippen LogP contribution in [0.25, 0.3) is 0 Å². The number of carbonyl (C=O) groups excluding carboxylic acids is 2. The molecular formula is C13H25N3O2. The number of carbonyl (C=O) groups is 2.